The lowest BCUT2D eigenvalue weighted by molar-refractivity contribution is -0.134. The molecular formula is C24H32N4O3. The molecule has 1 amide bonds. The summed E-state index contributed by atoms with van der Waals surface area (Å²) in [4.78, 5) is 23.9. The normalized spacial score (nSPS) is 21.6. The van der Waals surface area contributed by atoms with Crippen molar-refractivity contribution in [2.75, 3.05) is 39.8 Å². The number of carbonyl (C=O) groups excluding carboxylic acids is 1. The third-order valence-electron chi connectivity index (χ3n) is 6.56. The first kappa shape index (κ1) is 21.6. The first-order valence-electron chi connectivity index (χ1n) is 11.0. The lowest BCUT2D eigenvalue weighted by Gasteiger charge is -2.49. The molecule has 2 aliphatic rings. The van der Waals surface area contributed by atoms with Crippen LogP contribution in [0.2, 0.25) is 0 Å². The monoisotopic (exact) mass is 424 g/mol. The number of hydrogen-bond donors (Lipinski definition) is 2. The Bertz CT molecular complexity index is 871. The maximum atomic E-state index is 12.6. The number of aromatic nitrogens is 2. The van der Waals surface area contributed by atoms with E-state index < -0.39 is 0 Å². The molecule has 2 fully saturated rings. The average Bonchev–Trinajstić information content (AvgIpc) is 3.27. The number of nitrogens with one attached hydrogen (secondary N) is 1. The Morgan fingerprint density at radius 1 is 1.32 bits per heavy atom. The second-order valence-corrected chi connectivity index (χ2v) is 8.86. The lowest BCUT2D eigenvalue weighted by Crippen LogP contribution is -2.54. The van der Waals surface area contributed by atoms with Crippen molar-refractivity contribution in [2.24, 2.45) is 5.41 Å². The van der Waals surface area contributed by atoms with Gasteiger partial charge in [0, 0.05) is 44.6 Å². The summed E-state index contributed by atoms with van der Waals surface area (Å²) in [5.41, 5.74) is 2.08. The second-order valence-electron chi connectivity index (χ2n) is 8.86. The van der Waals surface area contributed by atoms with Crippen LogP contribution in [0.15, 0.2) is 42.9 Å². The molecule has 1 unspecified atom stereocenters. The number of H-pyrrole nitrogens is 1. The highest BCUT2D eigenvalue weighted by Crippen LogP contribution is 2.40. The quantitative estimate of drug-likeness (QED) is 0.744. The Kier molecular flexibility index (Phi) is 6.73. The van der Waals surface area contributed by atoms with E-state index in [1.54, 1.807) is 19.6 Å². The van der Waals surface area contributed by atoms with Crippen molar-refractivity contribution in [1.29, 1.82) is 0 Å². The summed E-state index contributed by atoms with van der Waals surface area (Å²) in [6, 6.07) is 8.00. The van der Waals surface area contributed by atoms with E-state index in [0.717, 1.165) is 62.4 Å². The average molecular weight is 425 g/mol. The topological polar surface area (TPSA) is 81.7 Å². The fraction of sp³-hybridized carbons (Fsp3) is 0.500. The minimum Gasteiger partial charge on any atom is -0.497 e. The Hall–Kier alpha value is -2.64. The number of methoxy groups -OCH3 is 1. The highest BCUT2D eigenvalue weighted by Gasteiger charge is 2.41. The standard InChI is InChI=1S/C24H32N4O3/c1-31-22-6-4-19(5-7-22)3-2-10-27-16-21(29)14-24(17-27)8-11-28(12-9-24)23(30)13-20-15-25-18-26-20/h2-7,15,18,21,29H,8-14,16-17H2,1H3,(H,25,26)/b3-2+. The largest absolute Gasteiger partial charge is 0.497 e. The number of rotatable bonds is 6. The molecule has 166 valence electrons. The highest BCUT2D eigenvalue weighted by atomic mass is 16.5. The number of ether oxygens (including phenoxy) is 1. The smallest absolute Gasteiger partial charge is 0.228 e. The number of aromatic amines is 1. The molecule has 0 aliphatic carbocycles. The van der Waals surface area contributed by atoms with Crippen LogP contribution >= 0.6 is 0 Å². The molecule has 2 aliphatic heterocycles. The lowest BCUT2D eigenvalue weighted by atomic mass is 9.71. The molecule has 2 saturated heterocycles. The van der Waals surface area contributed by atoms with E-state index in [9.17, 15) is 9.90 Å². The van der Waals surface area contributed by atoms with Crippen molar-refractivity contribution in [3.8, 4) is 5.75 Å². The number of aliphatic hydroxyl groups is 1. The molecule has 0 radical (unpaired) electrons. The van der Waals surface area contributed by atoms with E-state index in [1.165, 1.54) is 0 Å². The summed E-state index contributed by atoms with van der Waals surface area (Å²) in [6.45, 7) is 4.01. The molecule has 4 rings (SSSR count). The van der Waals surface area contributed by atoms with Crippen molar-refractivity contribution in [3.05, 3.63) is 54.1 Å². The van der Waals surface area contributed by atoms with Gasteiger partial charge in [-0.1, -0.05) is 24.3 Å². The van der Waals surface area contributed by atoms with Crippen molar-refractivity contribution >= 4 is 12.0 Å². The number of piperidine rings is 2. The van der Waals surface area contributed by atoms with Crippen LogP contribution in [0.4, 0.5) is 0 Å². The van der Waals surface area contributed by atoms with Gasteiger partial charge in [-0.3, -0.25) is 9.69 Å². The van der Waals surface area contributed by atoms with Crippen LogP contribution in [0.3, 0.4) is 0 Å². The summed E-state index contributed by atoms with van der Waals surface area (Å²) in [5, 5.41) is 10.5. The van der Waals surface area contributed by atoms with Gasteiger partial charge in [0.25, 0.3) is 0 Å². The van der Waals surface area contributed by atoms with E-state index >= 15 is 0 Å². The third kappa shape index (κ3) is 5.54. The number of hydrogen-bond acceptors (Lipinski definition) is 5. The van der Waals surface area contributed by atoms with Crippen LogP contribution in [0.5, 0.6) is 5.75 Å². The molecule has 1 aromatic heterocycles. The van der Waals surface area contributed by atoms with Crippen LogP contribution in [0.1, 0.15) is 30.5 Å². The van der Waals surface area contributed by atoms with Gasteiger partial charge in [-0.2, -0.15) is 0 Å². The third-order valence-corrected chi connectivity index (χ3v) is 6.56. The summed E-state index contributed by atoms with van der Waals surface area (Å²) < 4.78 is 5.20. The Morgan fingerprint density at radius 2 is 2.10 bits per heavy atom. The molecule has 1 aromatic carbocycles. The molecule has 1 spiro atoms. The van der Waals surface area contributed by atoms with E-state index in [2.05, 4.69) is 27.0 Å². The van der Waals surface area contributed by atoms with Gasteiger partial charge in [0.2, 0.25) is 5.91 Å². The molecule has 1 atom stereocenters. The maximum Gasteiger partial charge on any atom is 0.228 e. The van der Waals surface area contributed by atoms with Crippen molar-refractivity contribution in [3.63, 3.8) is 0 Å². The van der Waals surface area contributed by atoms with E-state index in [1.807, 2.05) is 29.2 Å². The van der Waals surface area contributed by atoms with Gasteiger partial charge in [0.1, 0.15) is 5.75 Å². The van der Waals surface area contributed by atoms with Crippen molar-refractivity contribution in [2.45, 2.75) is 31.8 Å². The predicted molar refractivity (Wildman–Crippen MR) is 120 cm³/mol. The molecule has 0 saturated carbocycles. The first-order valence-corrected chi connectivity index (χ1v) is 11.0. The number of amides is 1. The van der Waals surface area contributed by atoms with Crippen LogP contribution in [0, 0.1) is 5.41 Å². The Labute approximate surface area is 183 Å². The van der Waals surface area contributed by atoms with Crippen LogP contribution < -0.4 is 4.74 Å². The number of nitrogens with zero attached hydrogens (tertiary/aromatic N) is 3. The van der Waals surface area contributed by atoms with Crippen LogP contribution in [0.25, 0.3) is 6.08 Å². The van der Waals surface area contributed by atoms with Gasteiger partial charge < -0.3 is 19.7 Å². The minimum absolute atomic E-state index is 0.0936. The van der Waals surface area contributed by atoms with Crippen LogP contribution in [-0.4, -0.2) is 76.7 Å². The zero-order valence-corrected chi connectivity index (χ0v) is 18.2. The number of benzene rings is 1. The maximum absolute atomic E-state index is 12.6. The summed E-state index contributed by atoms with van der Waals surface area (Å²) in [5.74, 6) is 1.00. The van der Waals surface area contributed by atoms with Gasteiger partial charge in [-0.25, -0.2) is 4.98 Å². The Balaban J connectivity index is 1.30. The summed E-state index contributed by atoms with van der Waals surface area (Å²) in [6.07, 6.45) is 10.4. The highest BCUT2D eigenvalue weighted by molar-refractivity contribution is 5.78. The number of imidazole rings is 1. The zero-order valence-electron chi connectivity index (χ0n) is 18.2. The number of carbonyl (C=O) groups is 1. The molecule has 3 heterocycles. The molecule has 2 N–H and O–H groups in total. The molecule has 0 bridgehead atoms. The molecular weight excluding hydrogens is 392 g/mol. The number of likely N-dealkylation sites (tertiary alicyclic amines) is 2. The molecule has 7 nitrogen and oxygen atoms in total. The fourth-order valence-electron chi connectivity index (χ4n) is 4.91. The van der Waals surface area contributed by atoms with Crippen molar-refractivity contribution in [1.82, 2.24) is 19.8 Å². The first-order chi connectivity index (χ1) is 15.0. The summed E-state index contributed by atoms with van der Waals surface area (Å²) >= 11 is 0. The van der Waals surface area contributed by atoms with Crippen LogP contribution in [-0.2, 0) is 11.2 Å². The molecule has 7 heteroatoms. The number of β-amino-alcohol motifs (C(OH)–C–C–N with tert-alkyl or cyclic N) is 1. The minimum atomic E-state index is -0.310. The predicted octanol–water partition coefficient (Wildman–Crippen LogP) is 2.35. The van der Waals surface area contributed by atoms with Gasteiger partial charge >= 0.3 is 0 Å². The van der Waals surface area contributed by atoms with Gasteiger partial charge in [-0.15, -0.1) is 0 Å². The van der Waals surface area contributed by atoms with Gasteiger partial charge in [-0.05, 0) is 42.4 Å². The van der Waals surface area contributed by atoms with E-state index in [-0.39, 0.29) is 17.4 Å². The van der Waals surface area contributed by atoms with Gasteiger partial charge in [0.15, 0.2) is 0 Å². The Morgan fingerprint density at radius 3 is 2.77 bits per heavy atom. The fourth-order valence-corrected chi connectivity index (χ4v) is 4.91. The SMILES string of the molecule is COc1ccc(/C=C/CN2CC(O)CC3(CCN(C(=O)Cc4cnc[nH]4)CC3)C2)cc1. The zero-order chi connectivity index (χ0) is 21.7. The second kappa shape index (κ2) is 9.66. The molecule has 2 aromatic rings. The number of aliphatic hydroxyl groups excluding tert-OH is 1. The van der Waals surface area contributed by atoms with E-state index in [0.29, 0.717) is 13.0 Å². The molecule has 31 heavy (non-hydrogen) atoms. The van der Waals surface area contributed by atoms with E-state index in [4.69, 9.17) is 4.74 Å². The van der Waals surface area contributed by atoms with Gasteiger partial charge in [0.05, 0.1) is 26.0 Å². The van der Waals surface area contributed by atoms with Crippen molar-refractivity contribution < 1.29 is 14.6 Å². The summed E-state index contributed by atoms with van der Waals surface area (Å²) in [7, 11) is 1.67.